The Labute approximate surface area is 156 Å². The van der Waals surface area contributed by atoms with E-state index in [0.717, 1.165) is 10.9 Å². The number of ether oxygens (including phenoxy) is 1. The predicted octanol–water partition coefficient (Wildman–Crippen LogP) is 3.08. The molecule has 0 fully saturated rings. The van der Waals surface area contributed by atoms with Crippen molar-refractivity contribution in [1.29, 1.82) is 0 Å². The molecule has 5 nitrogen and oxygen atoms in total. The summed E-state index contributed by atoms with van der Waals surface area (Å²) in [6.45, 7) is 5.97. The molecule has 0 saturated carbocycles. The van der Waals surface area contributed by atoms with E-state index in [0.29, 0.717) is 29.1 Å². The molecule has 1 atom stereocenters. The van der Waals surface area contributed by atoms with E-state index in [-0.39, 0.29) is 11.8 Å². The number of aromatic amines is 1. The summed E-state index contributed by atoms with van der Waals surface area (Å²) in [5.41, 5.74) is 3.44. The molecule has 25 heavy (non-hydrogen) atoms. The van der Waals surface area contributed by atoms with E-state index in [1.165, 1.54) is 12.7 Å². The van der Waals surface area contributed by atoms with E-state index in [1.54, 1.807) is 13.8 Å². The highest BCUT2D eigenvalue weighted by Gasteiger charge is 2.24. The van der Waals surface area contributed by atoms with Crippen molar-refractivity contribution in [3.8, 4) is 0 Å². The van der Waals surface area contributed by atoms with Gasteiger partial charge >= 0.3 is 5.97 Å². The second-order valence-corrected chi connectivity index (χ2v) is 6.96. The summed E-state index contributed by atoms with van der Waals surface area (Å²) in [5.74, 6) is -0.443. The van der Waals surface area contributed by atoms with E-state index in [4.69, 9.17) is 4.74 Å². The molecule has 0 radical (unpaired) electrons. The van der Waals surface area contributed by atoms with Crippen LogP contribution in [0.5, 0.6) is 0 Å². The standard InChI is InChI=1S/C19H23BrN2O3/c1-5-15(13-6-8-14(20)9-7-13)21-10-16(23)18-11(2)17(12(3)22-18)19(24)25-4/h6-9,15,21-22H,5,10H2,1-4H3/p+1/t15-/m0/s1. The molecule has 0 aliphatic carbocycles. The summed E-state index contributed by atoms with van der Waals surface area (Å²) in [5, 5.41) is 2.04. The molecule has 2 aromatic rings. The highest BCUT2D eigenvalue weighted by Crippen LogP contribution is 2.19. The van der Waals surface area contributed by atoms with Gasteiger partial charge in [-0.05, 0) is 31.5 Å². The Morgan fingerprint density at radius 2 is 1.88 bits per heavy atom. The molecule has 0 bridgehead atoms. The van der Waals surface area contributed by atoms with Crippen molar-refractivity contribution in [2.24, 2.45) is 0 Å². The second-order valence-electron chi connectivity index (χ2n) is 6.05. The number of hydrogen-bond donors (Lipinski definition) is 2. The Hall–Kier alpha value is -1.92. The Morgan fingerprint density at radius 3 is 2.44 bits per heavy atom. The maximum Gasteiger partial charge on any atom is 0.339 e. The SMILES string of the molecule is CC[C@H]([NH2+]CC(=O)c1[nH]c(C)c(C(=O)OC)c1C)c1ccc(Br)cc1. The number of rotatable bonds is 7. The number of esters is 1. The number of aromatic nitrogens is 1. The lowest BCUT2D eigenvalue weighted by atomic mass is 10.0. The number of ketones is 1. The molecule has 0 aliphatic rings. The van der Waals surface area contributed by atoms with Crippen LogP contribution in [0.4, 0.5) is 0 Å². The third-order valence-electron chi connectivity index (χ3n) is 4.43. The van der Waals surface area contributed by atoms with E-state index in [2.05, 4.69) is 40.0 Å². The number of halogens is 1. The summed E-state index contributed by atoms with van der Waals surface area (Å²) in [6, 6.07) is 8.37. The topological polar surface area (TPSA) is 75.8 Å². The number of carbonyl (C=O) groups excluding carboxylic acids is 2. The van der Waals surface area contributed by atoms with Gasteiger partial charge in [-0.2, -0.15) is 0 Å². The number of H-pyrrole nitrogens is 1. The number of nitrogens with one attached hydrogen (secondary N) is 1. The number of aryl methyl sites for hydroxylation is 1. The van der Waals surface area contributed by atoms with Crippen LogP contribution in [0.2, 0.25) is 0 Å². The van der Waals surface area contributed by atoms with Crippen molar-refractivity contribution in [3.63, 3.8) is 0 Å². The highest BCUT2D eigenvalue weighted by molar-refractivity contribution is 9.10. The van der Waals surface area contributed by atoms with E-state index in [9.17, 15) is 9.59 Å². The van der Waals surface area contributed by atoms with Gasteiger partial charge in [-0.3, -0.25) is 4.79 Å². The van der Waals surface area contributed by atoms with Crippen LogP contribution in [-0.2, 0) is 4.74 Å². The molecule has 3 N–H and O–H groups in total. The fourth-order valence-electron chi connectivity index (χ4n) is 3.04. The van der Waals surface area contributed by atoms with Crippen molar-refractivity contribution in [2.45, 2.75) is 33.2 Å². The minimum absolute atomic E-state index is 0.0219. The van der Waals surface area contributed by atoms with Crippen molar-refractivity contribution in [2.75, 3.05) is 13.7 Å². The van der Waals surface area contributed by atoms with E-state index >= 15 is 0 Å². The van der Waals surface area contributed by atoms with Crippen LogP contribution in [0, 0.1) is 13.8 Å². The van der Waals surface area contributed by atoms with E-state index in [1.807, 2.05) is 17.4 Å². The van der Waals surface area contributed by atoms with Gasteiger partial charge in [-0.15, -0.1) is 0 Å². The molecular weight excluding hydrogens is 384 g/mol. The van der Waals surface area contributed by atoms with Crippen LogP contribution in [0.3, 0.4) is 0 Å². The van der Waals surface area contributed by atoms with Crippen LogP contribution >= 0.6 is 15.9 Å². The summed E-state index contributed by atoms with van der Waals surface area (Å²) in [7, 11) is 1.34. The molecule has 1 heterocycles. The number of quaternary nitrogens is 1. The van der Waals surface area contributed by atoms with E-state index < -0.39 is 5.97 Å². The Bertz CT molecular complexity index is 766. The molecule has 134 valence electrons. The maximum atomic E-state index is 12.6. The maximum absolute atomic E-state index is 12.6. The largest absolute Gasteiger partial charge is 0.465 e. The molecule has 0 amide bonds. The molecular formula is C19H24BrN2O3+. The van der Waals surface area contributed by atoms with Gasteiger partial charge in [0.15, 0.2) is 0 Å². The third kappa shape index (κ3) is 4.38. The zero-order valence-corrected chi connectivity index (χ0v) is 16.6. The van der Waals surface area contributed by atoms with Gasteiger partial charge in [0.2, 0.25) is 5.78 Å². The first-order chi connectivity index (χ1) is 11.9. The average molecular weight is 408 g/mol. The number of hydrogen-bond acceptors (Lipinski definition) is 3. The Balaban J connectivity index is 2.11. The first-order valence-electron chi connectivity index (χ1n) is 8.28. The summed E-state index contributed by atoms with van der Waals surface area (Å²) in [6.07, 6.45) is 0.922. The van der Waals surface area contributed by atoms with Crippen molar-refractivity contribution in [3.05, 3.63) is 56.8 Å². The van der Waals surface area contributed by atoms with Crippen LogP contribution in [0.15, 0.2) is 28.7 Å². The number of carbonyl (C=O) groups is 2. The monoisotopic (exact) mass is 407 g/mol. The van der Waals surface area contributed by atoms with Gasteiger partial charge in [0.05, 0.1) is 18.4 Å². The lowest BCUT2D eigenvalue weighted by molar-refractivity contribution is -0.685. The Morgan fingerprint density at radius 1 is 1.24 bits per heavy atom. The quantitative estimate of drug-likeness (QED) is 0.546. The number of methoxy groups -OCH3 is 1. The fraction of sp³-hybridized carbons (Fsp3) is 0.368. The highest BCUT2D eigenvalue weighted by atomic mass is 79.9. The lowest BCUT2D eigenvalue weighted by Gasteiger charge is -2.14. The average Bonchev–Trinajstić information content (AvgIpc) is 2.90. The van der Waals surface area contributed by atoms with Gasteiger partial charge in [0.1, 0.15) is 12.6 Å². The van der Waals surface area contributed by atoms with Crippen LogP contribution in [0.1, 0.15) is 57.1 Å². The minimum Gasteiger partial charge on any atom is -0.465 e. The van der Waals surface area contributed by atoms with Gasteiger partial charge < -0.3 is 15.0 Å². The zero-order chi connectivity index (χ0) is 18.6. The van der Waals surface area contributed by atoms with Crippen molar-refractivity contribution in [1.82, 2.24) is 4.98 Å². The number of nitrogens with two attached hydrogens (primary N) is 1. The number of Topliss-reactive ketones (excluding diaryl/α,β-unsaturated/α-hetero) is 1. The lowest BCUT2D eigenvalue weighted by Crippen LogP contribution is -2.86. The van der Waals surface area contributed by atoms with Gasteiger partial charge in [-0.25, -0.2) is 4.79 Å². The minimum atomic E-state index is -0.421. The molecule has 0 unspecified atom stereocenters. The summed E-state index contributed by atoms with van der Waals surface area (Å²) in [4.78, 5) is 27.5. The van der Waals surface area contributed by atoms with Crippen LogP contribution in [0.25, 0.3) is 0 Å². The molecule has 2 rings (SSSR count). The normalized spacial score (nSPS) is 12.0. The first-order valence-corrected chi connectivity index (χ1v) is 9.07. The molecule has 0 saturated heterocycles. The van der Waals surface area contributed by atoms with Crippen molar-refractivity contribution < 1.29 is 19.6 Å². The predicted molar refractivity (Wildman–Crippen MR) is 99.9 cm³/mol. The van der Waals surface area contributed by atoms with Crippen LogP contribution < -0.4 is 5.32 Å². The molecule has 6 heteroatoms. The summed E-state index contributed by atoms with van der Waals surface area (Å²) >= 11 is 3.44. The van der Waals surface area contributed by atoms with Gasteiger partial charge in [0, 0.05) is 22.2 Å². The third-order valence-corrected chi connectivity index (χ3v) is 4.96. The second kappa shape index (κ2) is 8.45. The molecule has 0 aliphatic heterocycles. The fourth-order valence-corrected chi connectivity index (χ4v) is 3.30. The van der Waals surface area contributed by atoms with Gasteiger partial charge in [0.25, 0.3) is 0 Å². The molecule has 1 aromatic carbocycles. The first kappa shape index (κ1) is 19.4. The van der Waals surface area contributed by atoms with Crippen LogP contribution in [-0.4, -0.2) is 30.4 Å². The van der Waals surface area contributed by atoms with Gasteiger partial charge in [-0.1, -0.05) is 35.0 Å². The molecule has 0 spiro atoms. The molecule has 1 aromatic heterocycles. The summed E-state index contributed by atoms with van der Waals surface area (Å²) < 4.78 is 5.83. The van der Waals surface area contributed by atoms with Crippen molar-refractivity contribution >= 4 is 27.7 Å². The number of benzene rings is 1. The smallest absolute Gasteiger partial charge is 0.339 e. The Kier molecular flexibility index (Phi) is 6.56. The zero-order valence-electron chi connectivity index (χ0n) is 15.0.